The van der Waals surface area contributed by atoms with Crippen molar-refractivity contribution in [2.75, 3.05) is 33.7 Å². The number of hydrogen-bond acceptors (Lipinski definition) is 3. The second kappa shape index (κ2) is 9.71. The number of piperidine rings is 1. The van der Waals surface area contributed by atoms with Crippen LogP contribution in [0.5, 0.6) is 0 Å². The number of nitrogens with one attached hydrogen (secondary N) is 1. The molecule has 0 unspecified atom stereocenters. The SMILES string of the molecule is CC(=O)N1CCC(c2ccc3c(CCNS(=O)(=O)N(C)C)cn(CC(C)C)c3c2)CC1. The zero-order valence-electron chi connectivity index (χ0n) is 19.4. The highest BCUT2D eigenvalue weighted by molar-refractivity contribution is 7.87. The third-order valence-electron chi connectivity index (χ3n) is 6.12. The van der Waals surface area contributed by atoms with E-state index in [1.165, 1.54) is 34.9 Å². The smallest absolute Gasteiger partial charge is 0.278 e. The van der Waals surface area contributed by atoms with Gasteiger partial charge >= 0.3 is 0 Å². The molecule has 1 aliphatic rings. The lowest BCUT2D eigenvalue weighted by atomic mass is 9.88. The molecule has 172 valence electrons. The van der Waals surface area contributed by atoms with Crippen LogP contribution in [0.15, 0.2) is 24.4 Å². The second-order valence-corrected chi connectivity index (χ2v) is 11.2. The summed E-state index contributed by atoms with van der Waals surface area (Å²) in [4.78, 5) is 13.6. The van der Waals surface area contributed by atoms with Crippen LogP contribution in [0, 0.1) is 5.92 Å². The number of carbonyl (C=O) groups excluding carboxylic acids is 1. The molecule has 1 fully saturated rings. The van der Waals surface area contributed by atoms with Crippen LogP contribution in [0.2, 0.25) is 0 Å². The van der Waals surface area contributed by atoms with E-state index in [1.807, 2.05) is 4.90 Å². The van der Waals surface area contributed by atoms with Gasteiger partial charge < -0.3 is 9.47 Å². The van der Waals surface area contributed by atoms with E-state index in [-0.39, 0.29) is 5.91 Å². The van der Waals surface area contributed by atoms with Gasteiger partial charge in [0.05, 0.1) is 0 Å². The fraction of sp³-hybridized carbons (Fsp3) is 0.609. The molecule has 7 nitrogen and oxygen atoms in total. The Bertz CT molecular complexity index is 1020. The zero-order chi connectivity index (χ0) is 22.8. The van der Waals surface area contributed by atoms with E-state index in [1.54, 1.807) is 6.92 Å². The maximum atomic E-state index is 12.0. The summed E-state index contributed by atoms with van der Waals surface area (Å²) < 4.78 is 30.2. The van der Waals surface area contributed by atoms with E-state index in [2.05, 4.69) is 47.5 Å². The lowest BCUT2D eigenvalue weighted by Gasteiger charge is -2.31. The normalized spacial score (nSPS) is 16.0. The highest BCUT2D eigenvalue weighted by atomic mass is 32.2. The van der Waals surface area contributed by atoms with Crippen molar-refractivity contribution in [1.29, 1.82) is 0 Å². The van der Waals surface area contributed by atoms with Crippen LogP contribution in [0.3, 0.4) is 0 Å². The molecule has 1 N–H and O–H groups in total. The average Bonchev–Trinajstić information content (AvgIpc) is 3.04. The summed E-state index contributed by atoms with van der Waals surface area (Å²) in [5, 5.41) is 1.19. The first kappa shape index (κ1) is 23.8. The molecule has 31 heavy (non-hydrogen) atoms. The summed E-state index contributed by atoms with van der Waals surface area (Å²) in [7, 11) is -0.363. The monoisotopic (exact) mass is 448 g/mol. The molecule has 1 aromatic heterocycles. The highest BCUT2D eigenvalue weighted by Gasteiger charge is 2.23. The summed E-state index contributed by atoms with van der Waals surface area (Å²) in [6.07, 6.45) is 4.81. The fourth-order valence-corrected chi connectivity index (χ4v) is 4.97. The molecule has 2 heterocycles. The minimum atomic E-state index is -3.42. The molecular weight excluding hydrogens is 412 g/mol. The van der Waals surface area contributed by atoms with Crippen molar-refractivity contribution in [2.24, 2.45) is 5.92 Å². The number of fused-ring (bicyclic) bond motifs is 1. The maximum absolute atomic E-state index is 12.0. The molecule has 0 bridgehead atoms. The van der Waals surface area contributed by atoms with Crippen molar-refractivity contribution in [2.45, 2.75) is 52.5 Å². The Labute approximate surface area is 186 Å². The van der Waals surface area contributed by atoms with E-state index in [0.717, 1.165) is 38.0 Å². The first-order valence-corrected chi connectivity index (χ1v) is 12.6. The van der Waals surface area contributed by atoms with Gasteiger partial charge in [-0.15, -0.1) is 0 Å². The minimum Gasteiger partial charge on any atom is -0.347 e. The quantitative estimate of drug-likeness (QED) is 0.675. The molecule has 0 radical (unpaired) electrons. The molecule has 1 saturated heterocycles. The van der Waals surface area contributed by atoms with Gasteiger partial charge in [0.15, 0.2) is 0 Å². The predicted molar refractivity (Wildman–Crippen MR) is 125 cm³/mol. The molecular formula is C23H36N4O3S. The number of likely N-dealkylation sites (tertiary alicyclic amines) is 1. The standard InChI is InChI=1S/C23H36N4O3S/c1-17(2)15-27-16-21(8-11-24-31(29,30)25(4)5)22-7-6-20(14-23(22)27)19-9-12-26(13-10-19)18(3)28/h6-7,14,16-17,19,24H,8-13,15H2,1-5H3. The van der Waals surface area contributed by atoms with Gasteiger partial charge in [0.2, 0.25) is 5.91 Å². The van der Waals surface area contributed by atoms with E-state index in [9.17, 15) is 13.2 Å². The van der Waals surface area contributed by atoms with Gasteiger partial charge in [-0.1, -0.05) is 26.0 Å². The Morgan fingerprint density at radius 1 is 1.23 bits per heavy atom. The molecule has 1 aromatic carbocycles. The summed E-state index contributed by atoms with van der Waals surface area (Å²) >= 11 is 0. The molecule has 2 aromatic rings. The summed E-state index contributed by atoms with van der Waals surface area (Å²) in [6.45, 7) is 8.99. The minimum absolute atomic E-state index is 0.161. The Morgan fingerprint density at radius 3 is 2.48 bits per heavy atom. The van der Waals surface area contributed by atoms with Gasteiger partial charge in [-0.25, -0.2) is 4.72 Å². The lowest BCUT2D eigenvalue weighted by molar-refractivity contribution is -0.129. The Balaban J connectivity index is 1.82. The Kier molecular flexibility index (Phi) is 7.44. The van der Waals surface area contributed by atoms with Crippen molar-refractivity contribution >= 4 is 27.0 Å². The molecule has 1 aliphatic heterocycles. The largest absolute Gasteiger partial charge is 0.347 e. The van der Waals surface area contributed by atoms with E-state index < -0.39 is 10.2 Å². The predicted octanol–water partition coefficient (Wildman–Crippen LogP) is 2.96. The van der Waals surface area contributed by atoms with Gasteiger partial charge in [-0.05, 0) is 48.3 Å². The van der Waals surface area contributed by atoms with Crippen LogP contribution in [0.1, 0.15) is 50.7 Å². The van der Waals surface area contributed by atoms with Gasteiger partial charge in [0, 0.05) is 64.3 Å². The number of amides is 1. The number of hydrogen-bond donors (Lipinski definition) is 1. The number of aromatic nitrogens is 1. The van der Waals surface area contributed by atoms with E-state index in [0.29, 0.717) is 24.8 Å². The third-order valence-corrected chi connectivity index (χ3v) is 7.65. The number of nitrogens with zero attached hydrogens (tertiary/aromatic N) is 3. The molecule has 8 heteroatoms. The number of carbonyl (C=O) groups is 1. The van der Waals surface area contributed by atoms with Gasteiger partial charge in [-0.3, -0.25) is 4.79 Å². The Morgan fingerprint density at radius 2 is 1.90 bits per heavy atom. The van der Waals surface area contributed by atoms with Crippen LogP contribution in [0.25, 0.3) is 10.9 Å². The molecule has 0 saturated carbocycles. The first-order chi connectivity index (χ1) is 14.6. The van der Waals surface area contributed by atoms with Crippen LogP contribution >= 0.6 is 0 Å². The van der Waals surface area contributed by atoms with E-state index in [4.69, 9.17) is 0 Å². The van der Waals surface area contributed by atoms with Crippen molar-refractivity contribution in [3.63, 3.8) is 0 Å². The molecule has 0 atom stereocenters. The molecule has 0 spiro atoms. The first-order valence-electron chi connectivity index (χ1n) is 11.1. The molecule has 1 amide bonds. The van der Waals surface area contributed by atoms with Crippen LogP contribution in [-0.2, 0) is 28.0 Å². The summed E-state index contributed by atoms with van der Waals surface area (Å²) in [6, 6.07) is 6.71. The average molecular weight is 449 g/mol. The van der Waals surface area contributed by atoms with Crippen LogP contribution < -0.4 is 4.72 Å². The zero-order valence-corrected chi connectivity index (χ0v) is 20.2. The number of benzene rings is 1. The van der Waals surface area contributed by atoms with Crippen molar-refractivity contribution in [1.82, 2.24) is 18.5 Å². The van der Waals surface area contributed by atoms with Gasteiger partial charge in [0.1, 0.15) is 0 Å². The Hall–Kier alpha value is -1.90. The fourth-order valence-electron chi connectivity index (χ4n) is 4.35. The summed E-state index contributed by atoms with van der Waals surface area (Å²) in [5.74, 6) is 1.14. The lowest BCUT2D eigenvalue weighted by Crippen LogP contribution is -2.36. The second-order valence-electron chi connectivity index (χ2n) is 9.19. The summed E-state index contributed by atoms with van der Waals surface area (Å²) in [5.41, 5.74) is 3.71. The van der Waals surface area contributed by atoms with Gasteiger partial charge in [0.25, 0.3) is 10.2 Å². The topological polar surface area (TPSA) is 74.7 Å². The van der Waals surface area contributed by atoms with Crippen molar-refractivity contribution < 1.29 is 13.2 Å². The van der Waals surface area contributed by atoms with Crippen molar-refractivity contribution in [3.8, 4) is 0 Å². The highest BCUT2D eigenvalue weighted by Crippen LogP contribution is 2.32. The van der Waals surface area contributed by atoms with Crippen molar-refractivity contribution in [3.05, 3.63) is 35.5 Å². The maximum Gasteiger partial charge on any atom is 0.278 e. The van der Waals surface area contributed by atoms with E-state index >= 15 is 0 Å². The number of rotatable bonds is 8. The third kappa shape index (κ3) is 5.67. The van der Waals surface area contributed by atoms with Gasteiger partial charge in [-0.2, -0.15) is 12.7 Å². The van der Waals surface area contributed by atoms with Crippen LogP contribution in [-0.4, -0.2) is 61.8 Å². The van der Waals surface area contributed by atoms with Crippen LogP contribution in [0.4, 0.5) is 0 Å². The molecule has 0 aliphatic carbocycles. The molecule has 3 rings (SSSR count).